The molecule has 1 aromatic carbocycles. The van der Waals surface area contributed by atoms with E-state index in [0.29, 0.717) is 12.2 Å². The smallest absolute Gasteiger partial charge is 0.157 e. The molecule has 3 heteroatoms. The molecule has 0 N–H and O–H groups in total. The Labute approximate surface area is 124 Å². The molecular formula is C16H22BrNO. The lowest BCUT2D eigenvalue weighted by Crippen LogP contribution is -2.51. The van der Waals surface area contributed by atoms with Crippen LogP contribution in [0.3, 0.4) is 0 Å². The second-order valence-corrected chi connectivity index (χ2v) is 6.37. The molecule has 0 aliphatic carbocycles. The fraction of sp³-hybridized carbons (Fsp3) is 0.562. The fourth-order valence-electron chi connectivity index (χ4n) is 2.81. The van der Waals surface area contributed by atoms with Crippen molar-refractivity contribution in [1.82, 2.24) is 4.90 Å². The minimum Gasteiger partial charge on any atom is -0.297 e. The number of ketones is 1. The van der Waals surface area contributed by atoms with E-state index in [1.54, 1.807) is 0 Å². The number of carbonyl (C=O) groups excluding carboxylic acids is 1. The van der Waals surface area contributed by atoms with E-state index in [0.717, 1.165) is 29.5 Å². The van der Waals surface area contributed by atoms with Crippen LogP contribution >= 0.6 is 15.9 Å². The second kappa shape index (κ2) is 6.19. The van der Waals surface area contributed by atoms with Crippen molar-refractivity contribution < 1.29 is 4.79 Å². The van der Waals surface area contributed by atoms with E-state index in [1.165, 1.54) is 12.8 Å². The summed E-state index contributed by atoms with van der Waals surface area (Å²) in [6, 6.07) is 8.01. The monoisotopic (exact) mass is 323 g/mol. The third-order valence-corrected chi connectivity index (χ3v) is 5.18. The Bertz CT molecular complexity index is 454. The molecule has 0 bridgehead atoms. The SMILES string of the molecule is CCC(C)(C(=O)Cc1ccccc1Br)N1CCCC1. The zero-order chi connectivity index (χ0) is 13.9. The molecule has 1 heterocycles. The molecule has 19 heavy (non-hydrogen) atoms. The molecule has 1 fully saturated rings. The average Bonchev–Trinajstić information content (AvgIpc) is 2.95. The lowest BCUT2D eigenvalue weighted by Gasteiger charge is -2.36. The number of rotatable bonds is 5. The first-order valence-electron chi connectivity index (χ1n) is 7.09. The Morgan fingerprint density at radius 2 is 1.95 bits per heavy atom. The van der Waals surface area contributed by atoms with Crippen molar-refractivity contribution in [3.8, 4) is 0 Å². The van der Waals surface area contributed by atoms with Gasteiger partial charge in [-0.3, -0.25) is 9.69 Å². The van der Waals surface area contributed by atoms with Gasteiger partial charge in [0.1, 0.15) is 0 Å². The van der Waals surface area contributed by atoms with Crippen LogP contribution in [-0.2, 0) is 11.2 Å². The molecule has 1 unspecified atom stereocenters. The Balaban J connectivity index is 2.15. The minimum absolute atomic E-state index is 0.300. The minimum atomic E-state index is -0.300. The summed E-state index contributed by atoms with van der Waals surface area (Å²) >= 11 is 3.53. The molecule has 2 rings (SSSR count). The van der Waals surface area contributed by atoms with Crippen LogP contribution in [0.15, 0.2) is 28.7 Å². The van der Waals surface area contributed by atoms with Crippen molar-refractivity contribution in [3.05, 3.63) is 34.3 Å². The van der Waals surface area contributed by atoms with Crippen LogP contribution in [0.25, 0.3) is 0 Å². The number of carbonyl (C=O) groups is 1. The molecule has 0 saturated carbocycles. The summed E-state index contributed by atoms with van der Waals surface area (Å²) in [7, 11) is 0. The highest BCUT2D eigenvalue weighted by molar-refractivity contribution is 9.10. The van der Waals surface area contributed by atoms with Crippen LogP contribution < -0.4 is 0 Å². The zero-order valence-electron chi connectivity index (χ0n) is 11.8. The zero-order valence-corrected chi connectivity index (χ0v) is 13.4. The van der Waals surface area contributed by atoms with E-state index in [2.05, 4.69) is 34.7 Å². The molecular weight excluding hydrogens is 302 g/mol. The molecule has 0 spiro atoms. The van der Waals surface area contributed by atoms with Gasteiger partial charge >= 0.3 is 0 Å². The topological polar surface area (TPSA) is 20.3 Å². The molecule has 1 saturated heterocycles. The molecule has 1 aliphatic rings. The predicted octanol–water partition coefficient (Wildman–Crippen LogP) is 3.83. The Hall–Kier alpha value is -0.670. The van der Waals surface area contributed by atoms with Crippen LogP contribution in [0.5, 0.6) is 0 Å². The Kier molecular flexibility index (Phi) is 4.80. The van der Waals surface area contributed by atoms with Gasteiger partial charge in [-0.05, 0) is 50.9 Å². The second-order valence-electron chi connectivity index (χ2n) is 5.51. The molecule has 1 aliphatic heterocycles. The van der Waals surface area contributed by atoms with Crippen LogP contribution in [0, 0.1) is 0 Å². The lowest BCUT2D eigenvalue weighted by molar-refractivity contribution is -0.129. The van der Waals surface area contributed by atoms with Gasteiger partial charge in [0.2, 0.25) is 0 Å². The van der Waals surface area contributed by atoms with Crippen molar-refractivity contribution >= 4 is 21.7 Å². The number of hydrogen-bond acceptors (Lipinski definition) is 2. The first-order valence-corrected chi connectivity index (χ1v) is 7.89. The van der Waals surface area contributed by atoms with Gasteiger partial charge in [-0.2, -0.15) is 0 Å². The van der Waals surface area contributed by atoms with Crippen molar-refractivity contribution in [3.63, 3.8) is 0 Å². The van der Waals surface area contributed by atoms with Crippen LogP contribution in [0.1, 0.15) is 38.7 Å². The maximum absolute atomic E-state index is 12.7. The lowest BCUT2D eigenvalue weighted by atomic mass is 9.87. The number of likely N-dealkylation sites (tertiary alicyclic amines) is 1. The number of nitrogens with zero attached hydrogens (tertiary/aromatic N) is 1. The van der Waals surface area contributed by atoms with E-state index in [1.807, 2.05) is 24.3 Å². The third-order valence-electron chi connectivity index (χ3n) is 4.40. The number of Topliss-reactive ketones (excluding diaryl/α,β-unsaturated/α-hetero) is 1. The Morgan fingerprint density at radius 3 is 2.53 bits per heavy atom. The highest BCUT2D eigenvalue weighted by Gasteiger charge is 2.38. The normalized spacial score (nSPS) is 19.3. The van der Waals surface area contributed by atoms with Crippen LogP contribution in [0.4, 0.5) is 0 Å². The largest absolute Gasteiger partial charge is 0.297 e. The van der Waals surface area contributed by atoms with E-state index < -0.39 is 0 Å². The summed E-state index contributed by atoms with van der Waals surface area (Å²) in [6.45, 7) is 6.35. The molecule has 104 valence electrons. The summed E-state index contributed by atoms with van der Waals surface area (Å²) < 4.78 is 1.03. The first kappa shape index (κ1) is 14.7. The standard InChI is InChI=1S/C16H22BrNO/c1-3-16(2,18-10-6-7-11-18)15(19)12-13-8-4-5-9-14(13)17/h4-5,8-9H,3,6-7,10-12H2,1-2H3. The van der Waals surface area contributed by atoms with Gasteiger partial charge < -0.3 is 0 Å². The van der Waals surface area contributed by atoms with E-state index >= 15 is 0 Å². The van der Waals surface area contributed by atoms with Crippen molar-refractivity contribution in [1.29, 1.82) is 0 Å². The average molecular weight is 324 g/mol. The van der Waals surface area contributed by atoms with E-state index in [4.69, 9.17) is 0 Å². The van der Waals surface area contributed by atoms with Crippen LogP contribution in [0.2, 0.25) is 0 Å². The van der Waals surface area contributed by atoms with Gasteiger partial charge in [-0.1, -0.05) is 41.1 Å². The van der Waals surface area contributed by atoms with Crippen molar-refractivity contribution in [2.24, 2.45) is 0 Å². The summed E-state index contributed by atoms with van der Waals surface area (Å²) in [5.41, 5.74) is 0.789. The maximum atomic E-state index is 12.7. The maximum Gasteiger partial charge on any atom is 0.157 e. The van der Waals surface area contributed by atoms with Gasteiger partial charge in [0.05, 0.1) is 5.54 Å². The van der Waals surface area contributed by atoms with Gasteiger partial charge in [-0.25, -0.2) is 0 Å². The summed E-state index contributed by atoms with van der Waals surface area (Å²) in [6.07, 6.45) is 3.84. The summed E-state index contributed by atoms with van der Waals surface area (Å²) in [4.78, 5) is 15.1. The summed E-state index contributed by atoms with van der Waals surface area (Å²) in [5.74, 6) is 0.337. The van der Waals surface area contributed by atoms with E-state index in [9.17, 15) is 4.79 Å². The molecule has 0 aromatic heterocycles. The third kappa shape index (κ3) is 3.09. The van der Waals surface area contributed by atoms with Gasteiger partial charge in [0, 0.05) is 10.9 Å². The highest BCUT2D eigenvalue weighted by atomic mass is 79.9. The number of benzene rings is 1. The molecule has 1 aromatic rings. The Morgan fingerprint density at radius 1 is 1.32 bits per heavy atom. The first-order chi connectivity index (χ1) is 9.08. The highest BCUT2D eigenvalue weighted by Crippen LogP contribution is 2.28. The van der Waals surface area contributed by atoms with E-state index in [-0.39, 0.29) is 5.54 Å². The fourth-order valence-corrected chi connectivity index (χ4v) is 3.24. The molecule has 2 nitrogen and oxygen atoms in total. The summed E-state index contributed by atoms with van der Waals surface area (Å²) in [5, 5.41) is 0. The number of hydrogen-bond donors (Lipinski definition) is 0. The van der Waals surface area contributed by atoms with Gasteiger partial charge in [0.15, 0.2) is 5.78 Å². The predicted molar refractivity (Wildman–Crippen MR) is 82.4 cm³/mol. The van der Waals surface area contributed by atoms with Crippen LogP contribution in [-0.4, -0.2) is 29.3 Å². The van der Waals surface area contributed by atoms with Crippen molar-refractivity contribution in [2.45, 2.75) is 45.1 Å². The molecule has 1 atom stereocenters. The van der Waals surface area contributed by atoms with Crippen molar-refractivity contribution in [2.75, 3.05) is 13.1 Å². The molecule has 0 radical (unpaired) electrons. The van der Waals surface area contributed by atoms with Gasteiger partial charge in [0.25, 0.3) is 0 Å². The van der Waals surface area contributed by atoms with Gasteiger partial charge in [-0.15, -0.1) is 0 Å². The number of halogens is 1. The molecule has 0 amide bonds. The quantitative estimate of drug-likeness (QED) is 0.820.